The standard InChI is InChI=1S/C22H27FN4O2/c23-19-5-2-17(3-6-19)14-22(29)26-12-8-20-18(15-26)4-7-21(28)27(20)11-1-10-25-13-9-24-16-25/h2-3,5-6,9,13,16,18,20H,1,4,7-8,10-12,14-15H2/t18-,20+/m1/s1. The Hall–Kier alpha value is -2.70. The van der Waals surface area contributed by atoms with Crippen molar-refractivity contribution in [3.05, 3.63) is 54.4 Å². The summed E-state index contributed by atoms with van der Waals surface area (Å²) in [6.07, 6.45) is 8.94. The van der Waals surface area contributed by atoms with Gasteiger partial charge in [0.05, 0.1) is 12.7 Å². The summed E-state index contributed by atoms with van der Waals surface area (Å²) in [5.41, 5.74) is 0.832. The lowest BCUT2D eigenvalue weighted by atomic mass is 9.83. The largest absolute Gasteiger partial charge is 0.342 e. The van der Waals surface area contributed by atoms with Gasteiger partial charge in [0.1, 0.15) is 5.82 Å². The fourth-order valence-corrected chi connectivity index (χ4v) is 4.60. The molecule has 2 atom stereocenters. The van der Waals surface area contributed by atoms with Crippen molar-refractivity contribution in [2.75, 3.05) is 19.6 Å². The number of benzene rings is 1. The Balaban J connectivity index is 1.32. The van der Waals surface area contributed by atoms with Crippen LogP contribution in [0.5, 0.6) is 0 Å². The lowest BCUT2D eigenvalue weighted by Gasteiger charge is -2.47. The number of fused-ring (bicyclic) bond motifs is 1. The number of aromatic nitrogens is 2. The number of hydrogen-bond acceptors (Lipinski definition) is 3. The zero-order valence-corrected chi connectivity index (χ0v) is 16.5. The van der Waals surface area contributed by atoms with Gasteiger partial charge in [-0.15, -0.1) is 0 Å². The first-order valence-electron chi connectivity index (χ1n) is 10.4. The second kappa shape index (κ2) is 8.76. The van der Waals surface area contributed by atoms with E-state index >= 15 is 0 Å². The van der Waals surface area contributed by atoms with Crippen molar-refractivity contribution in [1.29, 1.82) is 0 Å². The van der Waals surface area contributed by atoms with Crippen LogP contribution in [0.15, 0.2) is 43.0 Å². The molecule has 29 heavy (non-hydrogen) atoms. The van der Waals surface area contributed by atoms with Gasteiger partial charge in [-0.1, -0.05) is 12.1 Å². The van der Waals surface area contributed by atoms with E-state index in [1.54, 1.807) is 24.7 Å². The summed E-state index contributed by atoms with van der Waals surface area (Å²) in [5, 5.41) is 0. The molecule has 0 aliphatic carbocycles. The molecule has 0 radical (unpaired) electrons. The van der Waals surface area contributed by atoms with E-state index in [1.807, 2.05) is 20.6 Å². The van der Waals surface area contributed by atoms with E-state index in [4.69, 9.17) is 0 Å². The maximum absolute atomic E-state index is 13.1. The third-order valence-corrected chi connectivity index (χ3v) is 6.14. The molecule has 0 unspecified atom stereocenters. The average Bonchev–Trinajstić information content (AvgIpc) is 3.24. The zero-order chi connectivity index (χ0) is 20.2. The van der Waals surface area contributed by atoms with Crippen molar-refractivity contribution in [2.45, 2.75) is 44.7 Å². The van der Waals surface area contributed by atoms with Crippen LogP contribution in [0.1, 0.15) is 31.2 Å². The molecule has 7 heteroatoms. The number of piperidine rings is 2. The molecule has 3 heterocycles. The minimum Gasteiger partial charge on any atom is -0.342 e. The highest BCUT2D eigenvalue weighted by Crippen LogP contribution is 2.31. The monoisotopic (exact) mass is 398 g/mol. The fourth-order valence-electron chi connectivity index (χ4n) is 4.60. The zero-order valence-electron chi connectivity index (χ0n) is 16.5. The number of carbonyl (C=O) groups excluding carboxylic acids is 2. The minimum absolute atomic E-state index is 0.0821. The fraction of sp³-hybridized carbons (Fsp3) is 0.500. The Labute approximate surface area is 170 Å². The Morgan fingerprint density at radius 1 is 1.17 bits per heavy atom. The summed E-state index contributed by atoms with van der Waals surface area (Å²) >= 11 is 0. The predicted molar refractivity (Wildman–Crippen MR) is 106 cm³/mol. The highest BCUT2D eigenvalue weighted by molar-refractivity contribution is 5.80. The molecular formula is C22H27FN4O2. The van der Waals surface area contributed by atoms with E-state index < -0.39 is 0 Å². The first-order valence-corrected chi connectivity index (χ1v) is 10.4. The molecular weight excluding hydrogens is 371 g/mol. The molecule has 4 rings (SSSR count). The molecule has 2 fully saturated rings. The molecule has 0 saturated carbocycles. The van der Waals surface area contributed by atoms with Crippen LogP contribution in [-0.2, 0) is 22.6 Å². The van der Waals surface area contributed by atoms with Gasteiger partial charge in [0, 0.05) is 51.0 Å². The maximum atomic E-state index is 13.1. The van der Waals surface area contributed by atoms with Gasteiger partial charge in [0.2, 0.25) is 11.8 Å². The van der Waals surface area contributed by atoms with Crippen LogP contribution in [0, 0.1) is 11.7 Å². The number of hydrogen-bond donors (Lipinski definition) is 0. The molecule has 1 aromatic heterocycles. The van der Waals surface area contributed by atoms with Crippen LogP contribution in [0.25, 0.3) is 0 Å². The SMILES string of the molecule is O=C(Cc1ccc(F)cc1)N1CC[C@H]2[C@H](CCC(=O)N2CCCn2ccnc2)C1. The summed E-state index contributed by atoms with van der Waals surface area (Å²) in [4.78, 5) is 33.3. The van der Waals surface area contributed by atoms with Crippen molar-refractivity contribution in [2.24, 2.45) is 5.92 Å². The number of imidazole rings is 1. The molecule has 2 aliphatic rings. The van der Waals surface area contributed by atoms with E-state index in [1.165, 1.54) is 12.1 Å². The topological polar surface area (TPSA) is 58.4 Å². The summed E-state index contributed by atoms with van der Waals surface area (Å²) in [5.74, 6) is 0.371. The summed E-state index contributed by atoms with van der Waals surface area (Å²) in [7, 11) is 0. The van der Waals surface area contributed by atoms with Gasteiger partial charge >= 0.3 is 0 Å². The van der Waals surface area contributed by atoms with Crippen molar-refractivity contribution >= 4 is 11.8 Å². The highest BCUT2D eigenvalue weighted by Gasteiger charge is 2.39. The molecule has 1 aromatic carbocycles. The molecule has 2 saturated heterocycles. The van der Waals surface area contributed by atoms with Crippen LogP contribution in [-0.4, -0.2) is 56.8 Å². The normalized spacial score (nSPS) is 21.9. The average molecular weight is 398 g/mol. The molecule has 154 valence electrons. The van der Waals surface area contributed by atoms with Gasteiger partial charge in [-0.3, -0.25) is 9.59 Å². The third kappa shape index (κ3) is 4.66. The third-order valence-electron chi connectivity index (χ3n) is 6.14. The van der Waals surface area contributed by atoms with Gasteiger partial charge in [0.15, 0.2) is 0 Å². The van der Waals surface area contributed by atoms with Gasteiger partial charge in [-0.2, -0.15) is 0 Å². The van der Waals surface area contributed by atoms with E-state index in [0.717, 1.165) is 37.9 Å². The molecule has 0 bridgehead atoms. The van der Waals surface area contributed by atoms with Crippen molar-refractivity contribution < 1.29 is 14.0 Å². The van der Waals surface area contributed by atoms with Crippen LogP contribution in [0.4, 0.5) is 4.39 Å². The van der Waals surface area contributed by atoms with E-state index in [-0.39, 0.29) is 23.7 Å². The van der Waals surface area contributed by atoms with Gasteiger partial charge < -0.3 is 14.4 Å². The quantitative estimate of drug-likeness (QED) is 0.751. The summed E-state index contributed by atoms with van der Waals surface area (Å²) < 4.78 is 15.1. The van der Waals surface area contributed by atoms with Gasteiger partial charge in [-0.05, 0) is 42.9 Å². The number of amides is 2. The van der Waals surface area contributed by atoms with E-state index in [9.17, 15) is 14.0 Å². The first-order chi connectivity index (χ1) is 14.1. The molecule has 2 aliphatic heterocycles. The van der Waals surface area contributed by atoms with Crippen LogP contribution < -0.4 is 0 Å². The smallest absolute Gasteiger partial charge is 0.227 e. The number of rotatable bonds is 6. The van der Waals surface area contributed by atoms with E-state index in [2.05, 4.69) is 4.98 Å². The lowest BCUT2D eigenvalue weighted by Crippen LogP contribution is -2.57. The Morgan fingerprint density at radius 3 is 2.76 bits per heavy atom. The highest BCUT2D eigenvalue weighted by atomic mass is 19.1. The Bertz CT molecular complexity index is 837. The summed E-state index contributed by atoms with van der Waals surface area (Å²) in [6.45, 7) is 2.98. The Morgan fingerprint density at radius 2 is 2.00 bits per heavy atom. The first kappa shape index (κ1) is 19.6. The molecule has 2 amide bonds. The van der Waals surface area contributed by atoms with Crippen LogP contribution in [0.3, 0.4) is 0 Å². The molecule has 0 spiro atoms. The molecule has 2 aromatic rings. The minimum atomic E-state index is -0.290. The van der Waals surface area contributed by atoms with Crippen LogP contribution in [0.2, 0.25) is 0 Å². The number of likely N-dealkylation sites (tertiary alicyclic amines) is 2. The van der Waals surface area contributed by atoms with Gasteiger partial charge in [0.25, 0.3) is 0 Å². The van der Waals surface area contributed by atoms with Gasteiger partial charge in [-0.25, -0.2) is 9.37 Å². The molecule has 0 N–H and O–H groups in total. The maximum Gasteiger partial charge on any atom is 0.227 e. The van der Waals surface area contributed by atoms with Crippen LogP contribution >= 0.6 is 0 Å². The van der Waals surface area contributed by atoms with Crippen molar-refractivity contribution in [3.8, 4) is 0 Å². The number of aryl methyl sites for hydroxylation is 1. The molecule has 6 nitrogen and oxygen atoms in total. The lowest BCUT2D eigenvalue weighted by molar-refractivity contribution is -0.144. The predicted octanol–water partition coefficient (Wildman–Crippen LogP) is 2.49. The summed E-state index contributed by atoms with van der Waals surface area (Å²) in [6, 6.07) is 6.35. The van der Waals surface area contributed by atoms with Crippen molar-refractivity contribution in [3.63, 3.8) is 0 Å². The Kier molecular flexibility index (Phi) is 5.92. The second-order valence-electron chi connectivity index (χ2n) is 8.04. The number of nitrogens with zero attached hydrogens (tertiary/aromatic N) is 4. The van der Waals surface area contributed by atoms with Crippen molar-refractivity contribution in [1.82, 2.24) is 19.4 Å². The second-order valence-corrected chi connectivity index (χ2v) is 8.04. The van der Waals surface area contributed by atoms with E-state index in [0.29, 0.717) is 31.8 Å². The number of halogens is 1. The number of carbonyl (C=O) groups is 2.